The summed E-state index contributed by atoms with van der Waals surface area (Å²) in [5.41, 5.74) is 7.10. The molecular weight excluding hydrogens is 302 g/mol. The van der Waals surface area contributed by atoms with E-state index in [4.69, 9.17) is 17.3 Å². The van der Waals surface area contributed by atoms with E-state index in [-0.39, 0.29) is 11.5 Å². The zero-order valence-corrected chi connectivity index (χ0v) is 12.1. The maximum absolute atomic E-state index is 12.3. The molecule has 2 aromatic carbocycles. The van der Waals surface area contributed by atoms with Crippen LogP contribution >= 0.6 is 11.6 Å². The number of benzene rings is 2. The summed E-state index contributed by atoms with van der Waals surface area (Å²) >= 11 is 5.93. The number of hydrogen-bond acceptors (Lipinski definition) is 2. The summed E-state index contributed by atoms with van der Waals surface area (Å²) in [4.78, 5) is 26.7. The molecule has 0 atom stereocenters. The predicted octanol–water partition coefficient (Wildman–Crippen LogP) is 3.17. The number of anilines is 1. The molecule has 0 aliphatic carbocycles. The van der Waals surface area contributed by atoms with E-state index in [1.54, 1.807) is 48.5 Å². The number of nitrogens with one attached hydrogen (secondary N) is 2. The molecule has 0 unspecified atom stereocenters. The van der Waals surface area contributed by atoms with Crippen LogP contribution in [0.25, 0.3) is 10.9 Å². The first-order valence-electron chi connectivity index (χ1n) is 6.53. The van der Waals surface area contributed by atoms with Gasteiger partial charge in [-0.05, 0) is 36.4 Å². The summed E-state index contributed by atoms with van der Waals surface area (Å²) in [5.74, 6) is -0.958. The first kappa shape index (κ1) is 14.2. The lowest BCUT2D eigenvalue weighted by Gasteiger charge is -2.07. The van der Waals surface area contributed by atoms with Gasteiger partial charge in [0.1, 0.15) is 5.69 Å². The monoisotopic (exact) mass is 313 g/mol. The number of carbonyl (C=O) groups excluding carboxylic acids is 2. The fraction of sp³-hybridized carbons (Fsp3) is 0. The number of primary amides is 1. The van der Waals surface area contributed by atoms with Gasteiger partial charge < -0.3 is 16.0 Å². The fourth-order valence-corrected chi connectivity index (χ4v) is 2.40. The van der Waals surface area contributed by atoms with Crippen molar-refractivity contribution >= 4 is 40.0 Å². The minimum atomic E-state index is -0.598. The van der Waals surface area contributed by atoms with Gasteiger partial charge >= 0.3 is 0 Å². The average molecular weight is 314 g/mol. The summed E-state index contributed by atoms with van der Waals surface area (Å²) in [5, 5.41) is 4.11. The highest BCUT2D eigenvalue weighted by Gasteiger charge is 2.13. The van der Waals surface area contributed by atoms with Gasteiger partial charge in [0.25, 0.3) is 11.8 Å². The highest BCUT2D eigenvalue weighted by Crippen LogP contribution is 2.21. The van der Waals surface area contributed by atoms with Crippen molar-refractivity contribution in [3.8, 4) is 0 Å². The number of carbonyl (C=O) groups is 2. The van der Waals surface area contributed by atoms with Crippen LogP contribution in [-0.4, -0.2) is 16.8 Å². The van der Waals surface area contributed by atoms with Crippen molar-refractivity contribution in [3.05, 3.63) is 64.8 Å². The minimum Gasteiger partial charge on any atom is -0.366 e. The van der Waals surface area contributed by atoms with Crippen LogP contribution in [0.15, 0.2) is 48.5 Å². The second kappa shape index (κ2) is 5.54. The second-order valence-electron chi connectivity index (χ2n) is 4.78. The Balaban J connectivity index is 1.92. The van der Waals surface area contributed by atoms with Crippen molar-refractivity contribution in [2.45, 2.75) is 0 Å². The van der Waals surface area contributed by atoms with E-state index in [1.807, 2.05) is 0 Å². The number of amides is 2. The molecule has 0 aliphatic rings. The zero-order valence-electron chi connectivity index (χ0n) is 11.4. The van der Waals surface area contributed by atoms with Gasteiger partial charge in [-0.15, -0.1) is 0 Å². The van der Waals surface area contributed by atoms with Gasteiger partial charge in [0.2, 0.25) is 0 Å². The Morgan fingerprint density at radius 3 is 2.64 bits per heavy atom. The SMILES string of the molecule is NC(=O)c1ccccc1NC(=O)c1cc2cc(Cl)ccc2[nH]1. The van der Waals surface area contributed by atoms with Crippen molar-refractivity contribution in [1.82, 2.24) is 4.98 Å². The van der Waals surface area contributed by atoms with E-state index < -0.39 is 5.91 Å². The number of fused-ring (bicyclic) bond motifs is 1. The van der Waals surface area contributed by atoms with Crippen LogP contribution < -0.4 is 11.1 Å². The van der Waals surface area contributed by atoms with Crippen molar-refractivity contribution in [2.75, 3.05) is 5.32 Å². The summed E-state index contributed by atoms with van der Waals surface area (Å²) in [6.45, 7) is 0. The fourth-order valence-electron chi connectivity index (χ4n) is 2.22. The van der Waals surface area contributed by atoms with E-state index in [0.29, 0.717) is 16.4 Å². The Bertz CT molecular complexity index is 886. The smallest absolute Gasteiger partial charge is 0.272 e. The Kier molecular flexibility index (Phi) is 3.56. The van der Waals surface area contributed by atoms with Crippen LogP contribution in [0.4, 0.5) is 5.69 Å². The summed E-state index contributed by atoms with van der Waals surface area (Å²) < 4.78 is 0. The normalized spacial score (nSPS) is 10.6. The Morgan fingerprint density at radius 1 is 1.09 bits per heavy atom. The summed E-state index contributed by atoms with van der Waals surface area (Å²) in [6.07, 6.45) is 0. The highest BCUT2D eigenvalue weighted by atomic mass is 35.5. The molecule has 1 aromatic heterocycles. The van der Waals surface area contributed by atoms with E-state index in [1.165, 1.54) is 0 Å². The molecule has 3 rings (SSSR count). The number of para-hydroxylation sites is 1. The van der Waals surface area contributed by atoms with Crippen molar-refractivity contribution < 1.29 is 9.59 Å². The first-order valence-corrected chi connectivity index (χ1v) is 6.91. The predicted molar refractivity (Wildman–Crippen MR) is 86.2 cm³/mol. The summed E-state index contributed by atoms with van der Waals surface area (Å²) in [7, 11) is 0. The zero-order chi connectivity index (χ0) is 15.7. The standard InChI is InChI=1S/C16H12ClN3O2/c17-10-5-6-12-9(7-10)8-14(19-12)16(22)20-13-4-2-1-3-11(13)15(18)21/h1-8,19H,(H2,18,21)(H,20,22). The number of rotatable bonds is 3. The Morgan fingerprint density at radius 2 is 1.86 bits per heavy atom. The van der Waals surface area contributed by atoms with Gasteiger partial charge in [-0.2, -0.15) is 0 Å². The van der Waals surface area contributed by atoms with Crippen LogP contribution in [0.1, 0.15) is 20.8 Å². The van der Waals surface area contributed by atoms with Gasteiger partial charge in [0.05, 0.1) is 11.3 Å². The first-order chi connectivity index (χ1) is 10.5. The third-order valence-electron chi connectivity index (χ3n) is 3.27. The summed E-state index contributed by atoms with van der Waals surface area (Å²) in [6, 6.07) is 13.6. The number of hydrogen-bond donors (Lipinski definition) is 3. The molecule has 1 heterocycles. The molecule has 0 saturated heterocycles. The number of nitrogens with two attached hydrogens (primary N) is 1. The van der Waals surface area contributed by atoms with Gasteiger partial charge in [-0.25, -0.2) is 0 Å². The van der Waals surface area contributed by atoms with E-state index in [0.717, 1.165) is 10.9 Å². The van der Waals surface area contributed by atoms with E-state index in [2.05, 4.69) is 10.3 Å². The molecular formula is C16H12ClN3O2. The maximum Gasteiger partial charge on any atom is 0.272 e. The molecule has 110 valence electrons. The van der Waals surface area contributed by atoms with Crippen LogP contribution in [0.3, 0.4) is 0 Å². The lowest BCUT2D eigenvalue weighted by Crippen LogP contribution is -2.18. The lowest BCUT2D eigenvalue weighted by molar-refractivity contribution is 0.100. The van der Waals surface area contributed by atoms with Gasteiger partial charge in [-0.1, -0.05) is 23.7 Å². The van der Waals surface area contributed by atoms with E-state index >= 15 is 0 Å². The lowest BCUT2D eigenvalue weighted by atomic mass is 10.1. The number of halogens is 1. The maximum atomic E-state index is 12.3. The molecule has 0 saturated carbocycles. The van der Waals surface area contributed by atoms with Gasteiger partial charge in [0, 0.05) is 15.9 Å². The highest BCUT2D eigenvalue weighted by molar-refractivity contribution is 6.31. The quantitative estimate of drug-likeness (QED) is 0.693. The molecule has 22 heavy (non-hydrogen) atoms. The molecule has 3 aromatic rings. The second-order valence-corrected chi connectivity index (χ2v) is 5.21. The molecule has 0 spiro atoms. The van der Waals surface area contributed by atoms with Gasteiger partial charge in [0.15, 0.2) is 0 Å². The third-order valence-corrected chi connectivity index (χ3v) is 3.50. The van der Waals surface area contributed by atoms with E-state index in [9.17, 15) is 9.59 Å². The topological polar surface area (TPSA) is 88.0 Å². The average Bonchev–Trinajstić information content (AvgIpc) is 2.90. The van der Waals surface area contributed by atoms with Crippen molar-refractivity contribution in [2.24, 2.45) is 5.73 Å². The molecule has 0 radical (unpaired) electrons. The van der Waals surface area contributed by atoms with Crippen molar-refractivity contribution in [3.63, 3.8) is 0 Å². The molecule has 0 bridgehead atoms. The van der Waals surface area contributed by atoms with Crippen molar-refractivity contribution in [1.29, 1.82) is 0 Å². The number of aromatic nitrogens is 1. The Labute approximate surface area is 131 Å². The number of aromatic amines is 1. The van der Waals surface area contributed by atoms with Crippen LogP contribution in [-0.2, 0) is 0 Å². The van der Waals surface area contributed by atoms with Crippen LogP contribution in [0, 0.1) is 0 Å². The van der Waals surface area contributed by atoms with Crippen LogP contribution in [0.2, 0.25) is 5.02 Å². The molecule has 0 fully saturated rings. The molecule has 6 heteroatoms. The van der Waals surface area contributed by atoms with Gasteiger partial charge in [-0.3, -0.25) is 9.59 Å². The largest absolute Gasteiger partial charge is 0.366 e. The molecule has 0 aliphatic heterocycles. The molecule has 4 N–H and O–H groups in total. The third kappa shape index (κ3) is 2.66. The molecule has 5 nitrogen and oxygen atoms in total. The molecule has 2 amide bonds. The Hall–Kier alpha value is -2.79. The number of H-pyrrole nitrogens is 1. The van der Waals surface area contributed by atoms with Crippen LogP contribution in [0.5, 0.6) is 0 Å². The minimum absolute atomic E-state index is 0.259.